The molecule has 1 fully saturated rings. The van der Waals surface area contributed by atoms with Gasteiger partial charge in [0, 0.05) is 19.3 Å². The van der Waals surface area contributed by atoms with Gasteiger partial charge >= 0.3 is 5.97 Å². The first kappa shape index (κ1) is 19.3. The fraction of sp³-hybridized carbons (Fsp3) is 0.778. The predicted molar refractivity (Wildman–Crippen MR) is 94.3 cm³/mol. The molecule has 0 N–H and O–H groups in total. The number of esters is 1. The van der Waals surface area contributed by atoms with Crippen LogP contribution < -0.4 is 0 Å². The molecule has 0 amide bonds. The SMILES string of the molecule is COC(=O)CC[C@@]12C=C[C@@](CO[Si](C)(C)C(C)(C)C)(CC(=O)C1)O2. The summed E-state index contributed by atoms with van der Waals surface area (Å²) in [5.41, 5.74) is -1.36. The van der Waals surface area contributed by atoms with Crippen molar-refractivity contribution in [1.82, 2.24) is 0 Å². The van der Waals surface area contributed by atoms with E-state index in [4.69, 9.17) is 13.9 Å². The van der Waals surface area contributed by atoms with Crippen molar-refractivity contribution in [3.63, 3.8) is 0 Å². The Morgan fingerprint density at radius 2 is 1.83 bits per heavy atom. The van der Waals surface area contributed by atoms with Gasteiger partial charge in [-0.2, -0.15) is 0 Å². The molecule has 2 aliphatic heterocycles. The van der Waals surface area contributed by atoms with Crippen LogP contribution in [0.1, 0.15) is 46.5 Å². The Morgan fingerprint density at radius 1 is 1.25 bits per heavy atom. The Bertz CT molecular complexity index is 548. The first-order valence-corrected chi connectivity index (χ1v) is 11.5. The van der Waals surface area contributed by atoms with E-state index in [0.717, 1.165) is 0 Å². The van der Waals surface area contributed by atoms with Crippen molar-refractivity contribution in [2.75, 3.05) is 13.7 Å². The third-order valence-electron chi connectivity index (χ3n) is 5.55. The van der Waals surface area contributed by atoms with Crippen molar-refractivity contribution in [1.29, 1.82) is 0 Å². The molecule has 24 heavy (non-hydrogen) atoms. The molecule has 2 bridgehead atoms. The number of ether oxygens (including phenoxy) is 2. The van der Waals surface area contributed by atoms with Crippen LogP contribution in [0.15, 0.2) is 12.2 Å². The number of fused-ring (bicyclic) bond motifs is 2. The lowest BCUT2D eigenvalue weighted by atomic mass is 9.88. The third-order valence-corrected chi connectivity index (χ3v) is 10.0. The number of ketones is 1. The average Bonchev–Trinajstić information content (AvgIpc) is 2.74. The molecule has 0 aromatic carbocycles. The lowest BCUT2D eigenvalue weighted by molar-refractivity contribution is -0.165. The van der Waals surface area contributed by atoms with Gasteiger partial charge in [0.2, 0.25) is 0 Å². The number of methoxy groups -OCH3 is 1. The number of hydrogen-bond donors (Lipinski definition) is 0. The van der Waals surface area contributed by atoms with E-state index in [2.05, 4.69) is 33.9 Å². The van der Waals surface area contributed by atoms with Crippen molar-refractivity contribution in [3.05, 3.63) is 12.2 Å². The monoisotopic (exact) mass is 354 g/mol. The number of carbonyl (C=O) groups is 2. The van der Waals surface area contributed by atoms with Gasteiger partial charge < -0.3 is 13.9 Å². The molecule has 0 spiro atoms. The molecule has 0 saturated carbocycles. The Hall–Kier alpha value is -0.983. The van der Waals surface area contributed by atoms with E-state index in [9.17, 15) is 9.59 Å². The van der Waals surface area contributed by atoms with Gasteiger partial charge in [0.1, 0.15) is 11.4 Å². The van der Waals surface area contributed by atoms with E-state index in [-0.39, 0.29) is 23.2 Å². The van der Waals surface area contributed by atoms with Crippen molar-refractivity contribution in [2.45, 2.75) is 75.8 Å². The maximum absolute atomic E-state index is 12.3. The van der Waals surface area contributed by atoms with E-state index in [1.807, 2.05) is 12.2 Å². The summed E-state index contributed by atoms with van der Waals surface area (Å²) >= 11 is 0. The maximum atomic E-state index is 12.3. The standard InChI is InChI=1S/C18H30O5Si/c1-16(2,3)24(5,6)22-13-18-10-9-17(23-18,11-14(19)12-18)8-7-15(20)21-4/h9-10H,7-8,11-13H2,1-6H3/t17-,18+/m1/s1. The van der Waals surface area contributed by atoms with Crippen LogP contribution in [0, 0.1) is 0 Å². The van der Waals surface area contributed by atoms with Crippen molar-refractivity contribution in [2.24, 2.45) is 0 Å². The molecule has 6 heteroatoms. The zero-order valence-corrected chi connectivity index (χ0v) is 16.7. The summed E-state index contributed by atoms with van der Waals surface area (Å²) in [6, 6.07) is 0. The summed E-state index contributed by atoms with van der Waals surface area (Å²) in [7, 11) is -0.552. The quantitative estimate of drug-likeness (QED) is 0.416. The van der Waals surface area contributed by atoms with Gasteiger partial charge in [0.15, 0.2) is 8.32 Å². The van der Waals surface area contributed by atoms with Crippen molar-refractivity contribution in [3.8, 4) is 0 Å². The Morgan fingerprint density at radius 3 is 2.42 bits per heavy atom. The van der Waals surface area contributed by atoms with Crippen molar-refractivity contribution < 1.29 is 23.5 Å². The van der Waals surface area contributed by atoms with Gasteiger partial charge in [-0.15, -0.1) is 0 Å². The van der Waals surface area contributed by atoms with E-state index in [0.29, 0.717) is 25.9 Å². The molecule has 136 valence electrons. The van der Waals surface area contributed by atoms with Gasteiger partial charge in [-0.3, -0.25) is 9.59 Å². The minimum Gasteiger partial charge on any atom is -0.469 e. The number of carbonyl (C=O) groups excluding carboxylic acids is 2. The second-order valence-electron chi connectivity index (χ2n) is 8.58. The molecule has 0 radical (unpaired) electrons. The van der Waals surface area contributed by atoms with E-state index in [1.54, 1.807) is 0 Å². The molecule has 0 aliphatic carbocycles. The van der Waals surface area contributed by atoms with Crippen LogP contribution in [0.4, 0.5) is 0 Å². The molecule has 1 saturated heterocycles. The van der Waals surface area contributed by atoms with Crippen LogP contribution in [0.2, 0.25) is 18.1 Å². The summed E-state index contributed by atoms with van der Waals surface area (Å²) in [6.07, 6.45) is 5.30. The lowest BCUT2D eigenvalue weighted by Gasteiger charge is -2.43. The normalized spacial score (nSPS) is 29.8. The van der Waals surface area contributed by atoms with Gasteiger partial charge in [0.05, 0.1) is 19.3 Å². The molecule has 2 aliphatic rings. The van der Waals surface area contributed by atoms with Crippen LogP contribution in [-0.2, 0) is 23.5 Å². The molecule has 2 atom stereocenters. The summed E-state index contributed by atoms with van der Waals surface area (Å²) in [5.74, 6) is -0.121. The molecule has 0 aromatic heterocycles. The minimum absolute atomic E-state index is 0.104. The molecular formula is C18H30O5Si. The van der Waals surface area contributed by atoms with E-state index >= 15 is 0 Å². The Balaban J connectivity index is 2.07. The second-order valence-corrected chi connectivity index (χ2v) is 13.4. The average molecular weight is 355 g/mol. The van der Waals surface area contributed by atoms with Gasteiger partial charge in [-0.25, -0.2) is 0 Å². The first-order chi connectivity index (χ1) is 10.9. The minimum atomic E-state index is -1.92. The lowest BCUT2D eigenvalue weighted by Crippen LogP contribution is -2.51. The molecule has 0 aromatic rings. The molecule has 0 unspecified atom stereocenters. The second kappa shape index (κ2) is 6.39. The highest BCUT2D eigenvalue weighted by Gasteiger charge is 2.52. The largest absolute Gasteiger partial charge is 0.469 e. The highest BCUT2D eigenvalue weighted by atomic mass is 28.4. The maximum Gasteiger partial charge on any atom is 0.305 e. The highest BCUT2D eigenvalue weighted by molar-refractivity contribution is 6.74. The van der Waals surface area contributed by atoms with Crippen LogP contribution in [-0.4, -0.2) is 45.0 Å². The fourth-order valence-corrected chi connectivity index (χ4v) is 4.02. The topological polar surface area (TPSA) is 61.8 Å². The number of Topliss-reactive ketones (excluding diaryl/α,β-unsaturated/α-hetero) is 1. The predicted octanol–water partition coefficient (Wildman–Crippen LogP) is 3.39. The fourth-order valence-electron chi connectivity index (χ4n) is 2.98. The molecule has 2 heterocycles. The van der Waals surface area contributed by atoms with Crippen LogP contribution in [0.5, 0.6) is 0 Å². The molecule has 2 rings (SSSR count). The highest BCUT2D eigenvalue weighted by Crippen LogP contribution is 2.45. The summed E-state index contributed by atoms with van der Waals surface area (Å²) < 4.78 is 17.3. The summed E-state index contributed by atoms with van der Waals surface area (Å²) in [6.45, 7) is 11.3. The van der Waals surface area contributed by atoms with E-state index in [1.165, 1.54) is 7.11 Å². The van der Waals surface area contributed by atoms with Crippen LogP contribution in [0.3, 0.4) is 0 Å². The third kappa shape index (κ3) is 3.98. The van der Waals surface area contributed by atoms with Gasteiger partial charge in [0.25, 0.3) is 0 Å². The van der Waals surface area contributed by atoms with Crippen molar-refractivity contribution >= 4 is 20.1 Å². The number of rotatable bonds is 6. The summed E-state index contributed by atoms with van der Waals surface area (Å²) in [5, 5.41) is 0.104. The molecule has 5 nitrogen and oxygen atoms in total. The first-order valence-electron chi connectivity index (χ1n) is 8.56. The van der Waals surface area contributed by atoms with Crippen LogP contribution >= 0.6 is 0 Å². The Kier molecular flexibility index (Phi) is 5.15. The summed E-state index contributed by atoms with van der Waals surface area (Å²) in [4.78, 5) is 23.7. The van der Waals surface area contributed by atoms with Crippen LogP contribution in [0.25, 0.3) is 0 Å². The van der Waals surface area contributed by atoms with E-state index < -0.39 is 19.5 Å². The van der Waals surface area contributed by atoms with Gasteiger partial charge in [-0.1, -0.05) is 32.9 Å². The zero-order chi connectivity index (χ0) is 18.2. The zero-order valence-electron chi connectivity index (χ0n) is 15.7. The van der Waals surface area contributed by atoms with Gasteiger partial charge in [-0.05, 0) is 24.6 Å². The number of hydrogen-bond acceptors (Lipinski definition) is 5. The Labute approximate surface area is 145 Å². The smallest absolute Gasteiger partial charge is 0.305 e. The molecular weight excluding hydrogens is 324 g/mol.